The van der Waals surface area contributed by atoms with Crippen molar-refractivity contribution in [2.24, 2.45) is 0 Å². The number of nitro groups is 1. The number of rotatable bonds is 3. The number of non-ortho nitro benzene ring substituents is 1. The number of likely N-dealkylation sites (N-methyl/N-ethyl adjacent to an activating group) is 1. The lowest BCUT2D eigenvalue weighted by Gasteiger charge is -2.32. The normalized spacial score (nSPS) is 17.9. The first-order chi connectivity index (χ1) is 8.56. The minimum Gasteiger partial charge on any atom is -0.304 e. The highest BCUT2D eigenvalue weighted by Crippen LogP contribution is 2.19. The summed E-state index contributed by atoms with van der Waals surface area (Å²) in [5, 5.41) is 10.8. The topological polar surface area (TPSA) is 49.6 Å². The second-order valence-corrected chi connectivity index (χ2v) is 4.95. The summed E-state index contributed by atoms with van der Waals surface area (Å²) in [5.41, 5.74) is 2.37. The molecule has 0 aromatic heterocycles. The van der Waals surface area contributed by atoms with E-state index in [9.17, 15) is 10.1 Å². The fourth-order valence-electron chi connectivity index (χ4n) is 2.19. The van der Waals surface area contributed by atoms with Crippen molar-refractivity contribution in [3.63, 3.8) is 0 Å². The summed E-state index contributed by atoms with van der Waals surface area (Å²) in [7, 11) is 2.12. The number of nitro benzene ring substituents is 1. The first kappa shape index (κ1) is 13.0. The molecule has 1 fully saturated rings. The van der Waals surface area contributed by atoms with Crippen molar-refractivity contribution in [2.45, 2.75) is 13.5 Å². The molecule has 98 valence electrons. The van der Waals surface area contributed by atoms with Gasteiger partial charge in [-0.25, -0.2) is 0 Å². The van der Waals surface area contributed by atoms with E-state index >= 15 is 0 Å². The van der Waals surface area contributed by atoms with Crippen LogP contribution in [0.5, 0.6) is 0 Å². The second-order valence-electron chi connectivity index (χ2n) is 4.95. The summed E-state index contributed by atoms with van der Waals surface area (Å²) >= 11 is 0. The van der Waals surface area contributed by atoms with Crippen LogP contribution < -0.4 is 0 Å². The van der Waals surface area contributed by atoms with Gasteiger partial charge in [0, 0.05) is 44.9 Å². The Balaban J connectivity index is 2.08. The van der Waals surface area contributed by atoms with Gasteiger partial charge in [-0.15, -0.1) is 0 Å². The molecule has 0 amide bonds. The molecule has 1 aromatic carbocycles. The molecule has 0 saturated carbocycles. The molecule has 0 spiro atoms. The van der Waals surface area contributed by atoms with Crippen LogP contribution in [0.3, 0.4) is 0 Å². The minimum absolute atomic E-state index is 0.185. The van der Waals surface area contributed by atoms with E-state index in [1.807, 2.05) is 13.0 Å². The Labute approximate surface area is 107 Å². The Bertz CT molecular complexity index is 440. The largest absolute Gasteiger partial charge is 0.304 e. The molecule has 1 heterocycles. The van der Waals surface area contributed by atoms with Gasteiger partial charge in [-0.2, -0.15) is 0 Å². The summed E-state index contributed by atoms with van der Waals surface area (Å²) < 4.78 is 0. The van der Waals surface area contributed by atoms with Crippen molar-refractivity contribution in [2.75, 3.05) is 33.2 Å². The van der Waals surface area contributed by atoms with Crippen LogP contribution in [0.4, 0.5) is 5.69 Å². The Hall–Kier alpha value is -1.46. The molecular formula is C13H19N3O2. The van der Waals surface area contributed by atoms with Crippen molar-refractivity contribution in [1.29, 1.82) is 0 Å². The maximum atomic E-state index is 10.8. The van der Waals surface area contributed by atoms with Crippen LogP contribution in [0.15, 0.2) is 18.2 Å². The Morgan fingerprint density at radius 1 is 1.28 bits per heavy atom. The molecule has 0 aliphatic carbocycles. The zero-order valence-corrected chi connectivity index (χ0v) is 10.9. The first-order valence-corrected chi connectivity index (χ1v) is 6.21. The van der Waals surface area contributed by atoms with Crippen molar-refractivity contribution in [3.8, 4) is 0 Å². The van der Waals surface area contributed by atoms with Gasteiger partial charge >= 0.3 is 0 Å². The highest BCUT2D eigenvalue weighted by molar-refractivity contribution is 5.39. The third-order valence-corrected chi connectivity index (χ3v) is 3.53. The summed E-state index contributed by atoms with van der Waals surface area (Å²) in [5.74, 6) is 0. The van der Waals surface area contributed by atoms with Gasteiger partial charge in [0.05, 0.1) is 4.92 Å². The fraction of sp³-hybridized carbons (Fsp3) is 0.538. The van der Waals surface area contributed by atoms with Crippen molar-refractivity contribution < 1.29 is 4.92 Å². The van der Waals surface area contributed by atoms with E-state index in [-0.39, 0.29) is 10.6 Å². The van der Waals surface area contributed by atoms with E-state index in [1.54, 1.807) is 12.1 Å². The van der Waals surface area contributed by atoms with Gasteiger partial charge in [0.15, 0.2) is 0 Å². The highest BCUT2D eigenvalue weighted by Gasteiger charge is 2.16. The SMILES string of the molecule is Cc1ccc([N+](=O)[O-])cc1CN1CCN(C)CC1. The molecule has 0 atom stereocenters. The molecule has 1 saturated heterocycles. The second kappa shape index (κ2) is 5.46. The zero-order chi connectivity index (χ0) is 13.1. The molecule has 0 N–H and O–H groups in total. The molecule has 18 heavy (non-hydrogen) atoms. The molecule has 1 aliphatic heterocycles. The van der Waals surface area contributed by atoms with Crippen LogP contribution >= 0.6 is 0 Å². The molecule has 5 heteroatoms. The van der Waals surface area contributed by atoms with Gasteiger partial charge in [-0.05, 0) is 25.1 Å². The molecule has 1 aromatic rings. The predicted octanol–water partition coefficient (Wildman–Crippen LogP) is 1.65. The number of aryl methyl sites for hydroxylation is 1. The third kappa shape index (κ3) is 3.05. The minimum atomic E-state index is -0.326. The number of piperazine rings is 1. The van der Waals surface area contributed by atoms with Crippen molar-refractivity contribution in [1.82, 2.24) is 9.80 Å². The number of hydrogen-bond donors (Lipinski definition) is 0. The van der Waals surface area contributed by atoms with Crippen molar-refractivity contribution >= 4 is 5.69 Å². The van der Waals surface area contributed by atoms with Gasteiger partial charge in [-0.3, -0.25) is 15.0 Å². The average molecular weight is 249 g/mol. The molecule has 0 unspecified atom stereocenters. The summed E-state index contributed by atoms with van der Waals surface area (Å²) in [6, 6.07) is 5.11. The fourth-order valence-corrected chi connectivity index (χ4v) is 2.19. The number of benzene rings is 1. The monoisotopic (exact) mass is 249 g/mol. The Morgan fingerprint density at radius 2 is 1.94 bits per heavy atom. The quantitative estimate of drug-likeness (QED) is 0.603. The molecule has 2 rings (SSSR count). The highest BCUT2D eigenvalue weighted by atomic mass is 16.6. The molecular weight excluding hydrogens is 230 g/mol. The van der Waals surface area contributed by atoms with E-state index in [0.29, 0.717) is 0 Å². The standard InChI is InChI=1S/C13H19N3O2/c1-11-3-4-13(16(17)18)9-12(11)10-15-7-5-14(2)6-8-15/h3-4,9H,5-8,10H2,1-2H3. The zero-order valence-electron chi connectivity index (χ0n) is 10.9. The lowest BCUT2D eigenvalue weighted by molar-refractivity contribution is -0.384. The summed E-state index contributed by atoms with van der Waals surface area (Å²) in [6.45, 7) is 7.00. The molecule has 1 aliphatic rings. The first-order valence-electron chi connectivity index (χ1n) is 6.21. The lowest BCUT2D eigenvalue weighted by atomic mass is 10.1. The maximum Gasteiger partial charge on any atom is 0.269 e. The van der Waals surface area contributed by atoms with E-state index in [1.165, 1.54) is 0 Å². The van der Waals surface area contributed by atoms with Crippen LogP contribution in [-0.4, -0.2) is 47.9 Å². The third-order valence-electron chi connectivity index (χ3n) is 3.53. The van der Waals surface area contributed by atoms with Crippen LogP contribution in [-0.2, 0) is 6.54 Å². The van der Waals surface area contributed by atoms with Gasteiger partial charge in [0.2, 0.25) is 0 Å². The number of hydrogen-bond acceptors (Lipinski definition) is 4. The van der Waals surface area contributed by atoms with Gasteiger partial charge in [-0.1, -0.05) is 6.07 Å². The maximum absolute atomic E-state index is 10.8. The molecule has 0 radical (unpaired) electrons. The van der Waals surface area contributed by atoms with E-state index < -0.39 is 0 Å². The number of nitrogens with zero attached hydrogens (tertiary/aromatic N) is 3. The smallest absolute Gasteiger partial charge is 0.269 e. The van der Waals surface area contributed by atoms with Crippen LogP contribution in [0.2, 0.25) is 0 Å². The van der Waals surface area contributed by atoms with Crippen molar-refractivity contribution in [3.05, 3.63) is 39.4 Å². The summed E-state index contributed by atoms with van der Waals surface area (Å²) in [4.78, 5) is 15.1. The van der Waals surface area contributed by atoms with E-state index in [4.69, 9.17) is 0 Å². The van der Waals surface area contributed by atoms with Crippen LogP contribution in [0.1, 0.15) is 11.1 Å². The van der Waals surface area contributed by atoms with Gasteiger partial charge in [0.25, 0.3) is 5.69 Å². The average Bonchev–Trinajstić information content (AvgIpc) is 2.34. The van der Waals surface area contributed by atoms with Gasteiger partial charge < -0.3 is 4.90 Å². The molecule has 5 nitrogen and oxygen atoms in total. The molecule has 0 bridgehead atoms. The Morgan fingerprint density at radius 3 is 2.56 bits per heavy atom. The summed E-state index contributed by atoms with van der Waals surface area (Å²) in [6.07, 6.45) is 0. The van der Waals surface area contributed by atoms with E-state index in [2.05, 4.69) is 16.8 Å². The van der Waals surface area contributed by atoms with Crippen LogP contribution in [0.25, 0.3) is 0 Å². The van der Waals surface area contributed by atoms with Crippen LogP contribution in [0, 0.1) is 17.0 Å². The predicted molar refractivity (Wildman–Crippen MR) is 70.6 cm³/mol. The van der Waals surface area contributed by atoms with E-state index in [0.717, 1.165) is 43.9 Å². The Kier molecular flexibility index (Phi) is 3.93. The lowest BCUT2D eigenvalue weighted by Crippen LogP contribution is -2.43. The van der Waals surface area contributed by atoms with Gasteiger partial charge in [0.1, 0.15) is 0 Å².